The van der Waals surface area contributed by atoms with Crippen molar-refractivity contribution in [1.82, 2.24) is 5.01 Å². The van der Waals surface area contributed by atoms with Crippen molar-refractivity contribution in [3.05, 3.63) is 4.91 Å². The van der Waals surface area contributed by atoms with Crippen LogP contribution < -0.4 is 0 Å². The quantitative estimate of drug-likeness (QED) is 0.650. The third-order valence-corrected chi connectivity index (χ3v) is 3.30. The lowest BCUT2D eigenvalue weighted by molar-refractivity contribution is -0.141. The first kappa shape index (κ1) is 8.47. The van der Waals surface area contributed by atoms with Crippen LogP contribution >= 0.6 is 0 Å². The van der Waals surface area contributed by atoms with Crippen molar-refractivity contribution < 1.29 is 9.90 Å². The highest BCUT2D eigenvalue weighted by Crippen LogP contribution is 2.47. The minimum absolute atomic E-state index is 0.190. The van der Waals surface area contributed by atoms with Crippen molar-refractivity contribution in [2.45, 2.75) is 31.2 Å². The summed E-state index contributed by atoms with van der Waals surface area (Å²) in [6, 6.07) is 0. The van der Waals surface area contributed by atoms with Crippen LogP contribution in [0.2, 0.25) is 0 Å². The molecule has 1 aliphatic carbocycles. The molecule has 1 saturated heterocycles. The predicted octanol–water partition coefficient (Wildman–Crippen LogP) is 0.997. The fourth-order valence-corrected chi connectivity index (χ4v) is 2.36. The summed E-state index contributed by atoms with van der Waals surface area (Å²) in [7, 11) is 0. The molecule has 1 atom stereocenters. The number of rotatable bonds is 2. The van der Waals surface area contributed by atoms with Gasteiger partial charge in [-0.05, 0) is 25.7 Å². The molecule has 0 aromatic heterocycles. The Hall–Kier alpha value is -1.13. The average Bonchev–Trinajstić information content (AvgIpc) is 2.42. The Balaban J connectivity index is 2.12. The molecule has 2 aliphatic rings. The van der Waals surface area contributed by atoms with Gasteiger partial charge in [0.1, 0.15) is 0 Å². The first-order chi connectivity index (χ1) is 6.18. The molecule has 0 aromatic rings. The van der Waals surface area contributed by atoms with Gasteiger partial charge in [0.05, 0.1) is 23.3 Å². The van der Waals surface area contributed by atoms with Crippen molar-refractivity contribution in [3.8, 4) is 0 Å². The topological polar surface area (TPSA) is 70.0 Å². The van der Waals surface area contributed by atoms with Crippen molar-refractivity contribution in [1.29, 1.82) is 0 Å². The maximum atomic E-state index is 10.7. The first-order valence-electron chi connectivity index (χ1n) is 4.52. The molecule has 13 heavy (non-hydrogen) atoms. The molecular formula is C8H12N2O3. The average molecular weight is 184 g/mol. The minimum atomic E-state index is -0.808. The maximum Gasteiger partial charge on any atom is 0.308 e. The van der Waals surface area contributed by atoms with Crippen LogP contribution in [0.1, 0.15) is 25.7 Å². The summed E-state index contributed by atoms with van der Waals surface area (Å²) in [6.45, 7) is 0.291. The van der Waals surface area contributed by atoms with Crippen molar-refractivity contribution >= 4 is 5.97 Å². The molecule has 0 bridgehead atoms. The summed E-state index contributed by atoms with van der Waals surface area (Å²) in [5.41, 5.74) is -0.190. The molecule has 1 spiro atoms. The van der Waals surface area contributed by atoms with E-state index in [1.165, 1.54) is 5.01 Å². The molecule has 1 saturated carbocycles. The second-order valence-electron chi connectivity index (χ2n) is 3.98. The Morgan fingerprint density at radius 1 is 1.54 bits per heavy atom. The Bertz CT molecular complexity index is 250. The van der Waals surface area contributed by atoms with Gasteiger partial charge in [-0.25, -0.2) is 0 Å². The highest BCUT2D eigenvalue weighted by Gasteiger charge is 2.52. The predicted molar refractivity (Wildman–Crippen MR) is 44.8 cm³/mol. The lowest BCUT2D eigenvalue weighted by Gasteiger charge is -2.42. The van der Waals surface area contributed by atoms with Crippen LogP contribution in [-0.4, -0.2) is 28.2 Å². The van der Waals surface area contributed by atoms with Gasteiger partial charge >= 0.3 is 5.97 Å². The molecule has 1 N–H and O–H groups in total. The maximum absolute atomic E-state index is 10.7. The highest BCUT2D eigenvalue weighted by molar-refractivity contribution is 5.71. The summed E-state index contributed by atoms with van der Waals surface area (Å²) < 4.78 is 0. The van der Waals surface area contributed by atoms with Crippen molar-refractivity contribution in [2.75, 3.05) is 6.54 Å². The molecule has 0 radical (unpaired) electrons. The summed E-state index contributed by atoms with van der Waals surface area (Å²) in [5.74, 6) is -1.21. The van der Waals surface area contributed by atoms with Gasteiger partial charge in [0.15, 0.2) is 0 Å². The van der Waals surface area contributed by atoms with E-state index in [4.69, 9.17) is 5.11 Å². The smallest absolute Gasteiger partial charge is 0.308 e. The molecule has 72 valence electrons. The standard InChI is InChI=1S/C8H12N2O3/c11-7(12)6-4-8(2-1-3-8)10(5-6)9-13/h6H,1-5H2,(H,11,12). The number of carbonyl (C=O) groups is 1. The Morgan fingerprint density at radius 3 is 2.54 bits per heavy atom. The number of hydrogen-bond donors (Lipinski definition) is 1. The molecule has 5 heteroatoms. The van der Waals surface area contributed by atoms with E-state index in [1.807, 2.05) is 0 Å². The van der Waals surface area contributed by atoms with Crippen LogP contribution in [0.5, 0.6) is 0 Å². The Labute approximate surface area is 75.7 Å². The van der Waals surface area contributed by atoms with Crippen LogP contribution in [0, 0.1) is 10.8 Å². The van der Waals surface area contributed by atoms with E-state index in [1.54, 1.807) is 0 Å². The zero-order valence-electron chi connectivity index (χ0n) is 7.27. The third kappa shape index (κ3) is 1.10. The number of nitroso groups, excluding NO2 is 1. The zero-order valence-corrected chi connectivity index (χ0v) is 7.27. The zero-order chi connectivity index (χ0) is 9.47. The normalized spacial score (nSPS) is 30.2. The first-order valence-corrected chi connectivity index (χ1v) is 4.52. The summed E-state index contributed by atoms with van der Waals surface area (Å²) >= 11 is 0. The van der Waals surface area contributed by atoms with Gasteiger partial charge in [0.25, 0.3) is 0 Å². The van der Waals surface area contributed by atoms with Gasteiger partial charge in [-0.1, -0.05) is 0 Å². The lowest BCUT2D eigenvalue weighted by Crippen LogP contribution is -2.46. The van der Waals surface area contributed by atoms with Gasteiger partial charge < -0.3 is 5.11 Å². The molecule has 1 heterocycles. The van der Waals surface area contributed by atoms with Gasteiger partial charge in [-0.3, -0.25) is 9.80 Å². The number of carboxylic acid groups (broad SMARTS) is 1. The highest BCUT2D eigenvalue weighted by atomic mass is 16.4. The lowest BCUT2D eigenvalue weighted by atomic mass is 9.74. The van der Waals surface area contributed by atoms with Gasteiger partial charge in [0, 0.05) is 0 Å². The van der Waals surface area contributed by atoms with E-state index in [9.17, 15) is 9.70 Å². The van der Waals surface area contributed by atoms with Crippen molar-refractivity contribution in [3.63, 3.8) is 0 Å². The molecule has 2 rings (SSSR count). The second kappa shape index (κ2) is 2.68. The van der Waals surface area contributed by atoms with Crippen LogP contribution in [-0.2, 0) is 4.79 Å². The molecule has 1 aliphatic heterocycles. The monoisotopic (exact) mass is 184 g/mol. The van der Waals surface area contributed by atoms with E-state index >= 15 is 0 Å². The Morgan fingerprint density at radius 2 is 2.23 bits per heavy atom. The van der Waals surface area contributed by atoms with Crippen LogP contribution in [0.15, 0.2) is 5.29 Å². The van der Waals surface area contributed by atoms with E-state index in [2.05, 4.69) is 5.29 Å². The number of hydrogen-bond acceptors (Lipinski definition) is 3. The summed E-state index contributed by atoms with van der Waals surface area (Å²) in [4.78, 5) is 21.2. The third-order valence-electron chi connectivity index (χ3n) is 3.30. The number of nitrogens with zero attached hydrogens (tertiary/aromatic N) is 2. The summed E-state index contributed by atoms with van der Waals surface area (Å²) in [5, 5.41) is 13.2. The van der Waals surface area contributed by atoms with Crippen LogP contribution in [0.4, 0.5) is 0 Å². The van der Waals surface area contributed by atoms with Crippen molar-refractivity contribution in [2.24, 2.45) is 11.2 Å². The van der Waals surface area contributed by atoms with E-state index in [0.717, 1.165) is 19.3 Å². The molecule has 2 fully saturated rings. The molecule has 1 unspecified atom stereocenters. The molecular weight excluding hydrogens is 172 g/mol. The van der Waals surface area contributed by atoms with E-state index < -0.39 is 11.9 Å². The number of aliphatic carboxylic acids is 1. The number of carboxylic acids is 1. The Kier molecular flexibility index (Phi) is 1.75. The van der Waals surface area contributed by atoms with Gasteiger partial charge in [0.2, 0.25) is 0 Å². The van der Waals surface area contributed by atoms with E-state index in [-0.39, 0.29) is 5.54 Å². The molecule has 0 amide bonds. The van der Waals surface area contributed by atoms with Crippen LogP contribution in [0.3, 0.4) is 0 Å². The van der Waals surface area contributed by atoms with Gasteiger partial charge in [-0.15, -0.1) is 4.91 Å². The molecule has 0 aromatic carbocycles. The SMILES string of the molecule is O=NN1CC(C(=O)O)CC12CCC2. The van der Waals surface area contributed by atoms with Crippen LogP contribution in [0.25, 0.3) is 0 Å². The fourth-order valence-electron chi connectivity index (χ4n) is 2.36. The summed E-state index contributed by atoms with van der Waals surface area (Å²) in [6.07, 6.45) is 3.51. The second-order valence-corrected chi connectivity index (χ2v) is 3.98. The van der Waals surface area contributed by atoms with E-state index in [0.29, 0.717) is 13.0 Å². The molecule has 5 nitrogen and oxygen atoms in total. The van der Waals surface area contributed by atoms with Gasteiger partial charge in [-0.2, -0.15) is 0 Å². The fraction of sp³-hybridized carbons (Fsp3) is 0.875. The minimum Gasteiger partial charge on any atom is -0.481 e. The largest absolute Gasteiger partial charge is 0.481 e.